The fourth-order valence-corrected chi connectivity index (χ4v) is 4.02. The first kappa shape index (κ1) is 25.6. The maximum atomic E-state index is 14.5. The van der Waals surface area contributed by atoms with Crippen LogP contribution in [-0.2, 0) is 9.53 Å². The van der Waals surface area contributed by atoms with Gasteiger partial charge in [0.2, 0.25) is 5.91 Å². The summed E-state index contributed by atoms with van der Waals surface area (Å²) in [5.41, 5.74) is 0.482. The molecule has 4 rings (SSSR count). The van der Waals surface area contributed by atoms with Crippen molar-refractivity contribution in [3.05, 3.63) is 59.9 Å². The highest BCUT2D eigenvalue weighted by Crippen LogP contribution is 2.37. The maximum Gasteiger partial charge on any atom is 0.245 e. The molecule has 2 heterocycles. The molecule has 1 N–H and O–H groups in total. The summed E-state index contributed by atoms with van der Waals surface area (Å²) < 4.78 is 45.4. The molecule has 3 aromatic rings. The Labute approximate surface area is 211 Å². The molecule has 0 saturated carbocycles. The van der Waals surface area contributed by atoms with E-state index in [-0.39, 0.29) is 23.5 Å². The van der Waals surface area contributed by atoms with Crippen LogP contribution in [0.3, 0.4) is 0 Å². The predicted octanol–water partition coefficient (Wildman–Crippen LogP) is 4.89. The Morgan fingerprint density at radius 3 is 2.72 bits per heavy atom. The van der Waals surface area contributed by atoms with Crippen LogP contribution in [0.5, 0.6) is 11.5 Å². The number of hydrogen-bond donors (Lipinski definition) is 1. The fourth-order valence-electron chi connectivity index (χ4n) is 3.86. The van der Waals surface area contributed by atoms with E-state index in [1.807, 2.05) is 0 Å². The Kier molecular flexibility index (Phi) is 8.17. The molecule has 0 unspecified atom stereocenters. The standard InChI is InChI=1S/C25H25ClF2N4O4/c1-3-22(33)32-8-6-15(7-9-32)36-21-12-16-19(13-20(21)35-11-10-34-2)29-14-30-25(16)31-18-5-4-17(27)23(26)24(18)28/h3-5,12-15H,1,6-11H2,2H3,(H,29,30,31). The van der Waals surface area contributed by atoms with E-state index in [2.05, 4.69) is 21.9 Å². The molecule has 36 heavy (non-hydrogen) atoms. The summed E-state index contributed by atoms with van der Waals surface area (Å²) in [5.74, 6) is -0.709. The highest BCUT2D eigenvalue weighted by atomic mass is 35.5. The van der Waals surface area contributed by atoms with Gasteiger partial charge in [-0.2, -0.15) is 0 Å². The molecule has 0 radical (unpaired) electrons. The van der Waals surface area contributed by atoms with Crippen LogP contribution < -0.4 is 14.8 Å². The summed E-state index contributed by atoms with van der Waals surface area (Å²) in [6.45, 7) is 5.29. The van der Waals surface area contributed by atoms with Crippen LogP contribution in [-0.4, -0.2) is 60.3 Å². The molecule has 190 valence electrons. The third kappa shape index (κ3) is 5.66. The lowest BCUT2D eigenvalue weighted by atomic mass is 10.1. The second-order valence-corrected chi connectivity index (χ2v) is 8.45. The number of carbonyl (C=O) groups excluding carboxylic acids is 1. The van der Waals surface area contributed by atoms with Crippen molar-refractivity contribution in [1.82, 2.24) is 14.9 Å². The van der Waals surface area contributed by atoms with Crippen molar-refractivity contribution < 1.29 is 27.8 Å². The van der Waals surface area contributed by atoms with Crippen molar-refractivity contribution in [2.45, 2.75) is 18.9 Å². The van der Waals surface area contributed by atoms with Crippen molar-refractivity contribution in [2.75, 3.05) is 38.7 Å². The number of ether oxygens (including phenoxy) is 3. The van der Waals surface area contributed by atoms with Crippen LogP contribution in [0.25, 0.3) is 10.9 Å². The van der Waals surface area contributed by atoms with E-state index in [1.54, 1.807) is 24.1 Å². The van der Waals surface area contributed by atoms with Crippen molar-refractivity contribution >= 4 is 39.9 Å². The lowest BCUT2D eigenvalue weighted by molar-refractivity contribution is -0.127. The third-order valence-electron chi connectivity index (χ3n) is 5.76. The highest BCUT2D eigenvalue weighted by molar-refractivity contribution is 6.31. The van der Waals surface area contributed by atoms with Gasteiger partial charge >= 0.3 is 0 Å². The van der Waals surface area contributed by atoms with E-state index in [9.17, 15) is 13.6 Å². The first-order valence-electron chi connectivity index (χ1n) is 11.3. The first-order valence-corrected chi connectivity index (χ1v) is 11.7. The fraction of sp³-hybridized carbons (Fsp3) is 0.320. The van der Waals surface area contributed by atoms with E-state index in [1.165, 1.54) is 18.5 Å². The SMILES string of the molecule is C=CC(=O)N1CCC(Oc2cc3c(Nc4ccc(F)c(Cl)c4F)ncnc3cc2OCCOC)CC1. The van der Waals surface area contributed by atoms with Crippen LogP contribution in [0.4, 0.5) is 20.3 Å². The Balaban J connectivity index is 1.65. The zero-order chi connectivity index (χ0) is 25.7. The van der Waals surface area contributed by atoms with Gasteiger partial charge in [0.25, 0.3) is 0 Å². The van der Waals surface area contributed by atoms with E-state index in [0.29, 0.717) is 61.5 Å². The number of benzene rings is 2. The number of anilines is 2. The van der Waals surface area contributed by atoms with Gasteiger partial charge in [-0.15, -0.1) is 0 Å². The number of rotatable bonds is 9. The lowest BCUT2D eigenvalue weighted by Gasteiger charge is -2.32. The van der Waals surface area contributed by atoms with Gasteiger partial charge in [-0.1, -0.05) is 18.2 Å². The molecule has 11 heteroatoms. The molecule has 0 aliphatic carbocycles. The molecule has 1 aliphatic heterocycles. The van der Waals surface area contributed by atoms with Gasteiger partial charge in [0, 0.05) is 44.5 Å². The predicted molar refractivity (Wildman–Crippen MR) is 132 cm³/mol. The monoisotopic (exact) mass is 518 g/mol. The topological polar surface area (TPSA) is 85.8 Å². The summed E-state index contributed by atoms with van der Waals surface area (Å²) in [5, 5.41) is 2.78. The number of hydrogen-bond acceptors (Lipinski definition) is 7. The number of methoxy groups -OCH3 is 1. The molecule has 1 amide bonds. The third-order valence-corrected chi connectivity index (χ3v) is 6.10. The van der Waals surface area contributed by atoms with Crippen LogP contribution in [0, 0.1) is 11.6 Å². The summed E-state index contributed by atoms with van der Waals surface area (Å²) >= 11 is 5.72. The Hall–Kier alpha value is -3.50. The van der Waals surface area contributed by atoms with Gasteiger partial charge in [0.05, 0.1) is 17.8 Å². The van der Waals surface area contributed by atoms with Crippen LogP contribution in [0.15, 0.2) is 43.2 Å². The average Bonchev–Trinajstić information content (AvgIpc) is 2.89. The summed E-state index contributed by atoms with van der Waals surface area (Å²) in [7, 11) is 1.57. The number of nitrogens with one attached hydrogen (secondary N) is 1. The van der Waals surface area contributed by atoms with Crippen molar-refractivity contribution in [2.24, 2.45) is 0 Å². The van der Waals surface area contributed by atoms with Gasteiger partial charge in [-0.25, -0.2) is 18.7 Å². The zero-order valence-corrected chi connectivity index (χ0v) is 20.4. The highest BCUT2D eigenvalue weighted by Gasteiger charge is 2.24. The van der Waals surface area contributed by atoms with Gasteiger partial charge in [-0.3, -0.25) is 4.79 Å². The number of aromatic nitrogens is 2. The molecule has 1 saturated heterocycles. The Morgan fingerprint density at radius 1 is 1.22 bits per heavy atom. The Bertz CT molecular complexity index is 1270. The number of fused-ring (bicyclic) bond motifs is 1. The molecular weight excluding hydrogens is 494 g/mol. The average molecular weight is 519 g/mol. The summed E-state index contributed by atoms with van der Waals surface area (Å²) in [4.78, 5) is 22.1. The van der Waals surface area contributed by atoms with Crippen LogP contribution in [0.1, 0.15) is 12.8 Å². The van der Waals surface area contributed by atoms with E-state index < -0.39 is 16.7 Å². The molecule has 8 nitrogen and oxygen atoms in total. The molecule has 0 spiro atoms. The number of piperidine rings is 1. The smallest absolute Gasteiger partial charge is 0.245 e. The largest absolute Gasteiger partial charge is 0.487 e. The molecule has 2 aromatic carbocycles. The molecule has 1 fully saturated rings. The normalized spacial score (nSPS) is 14.1. The second kappa shape index (κ2) is 11.5. The summed E-state index contributed by atoms with van der Waals surface area (Å²) in [6.07, 6.45) is 3.73. The minimum Gasteiger partial charge on any atom is -0.487 e. The summed E-state index contributed by atoms with van der Waals surface area (Å²) in [6, 6.07) is 5.72. The number of likely N-dealkylation sites (tertiary alicyclic amines) is 1. The number of amides is 1. The van der Waals surface area contributed by atoms with Crippen LogP contribution >= 0.6 is 11.6 Å². The zero-order valence-electron chi connectivity index (χ0n) is 19.6. The van der Waals surface area contributed by atoms with E-state index >= 15 is 0 Å². The maximum absolute atomic E-state index is 14.5. The molecule has 0 atom stereocenters. The molecular formula is C25H25ClF2N4O4. The quantitative estimate of drug-likeness (QED) is 0.245. The van der Waals surface area contributed by atoms with E-state index in [0.717, 1.165) is 6.07 Å². The molecule has 1 aliphatic rings. The number of halogens is 3. The minimum atomic E-state index is -0.930. The van der Waals surface area contributed by atoms with Gasteiger partial charge in [0.1, 0.15) is 35.7 Å². The molecule has 1 aromatic heterocycles. The van der Waals surface area contributed by atoms with Gasteiger partial charge in [0.15, 0.2) is 17.3 Å². The van der Waals surface area contributed by atoms with Crippen molar-refractivity contribution in [1.29, 1.82) is 0 Å². The number of nitrogens with zero attached hydrogens (tertiary/aromatic N) is 3. The van der Waals surface area contributed by atoms with Crippen molar-refractivity contribution in [3.8, 4) is 11.5 Å². The van der Waals surface area contributed by atoms with Gasteiger partial charge in [-0.05, 0) is 24.3 Å². The molecule has 0 bridgehead atoms. The van der Waals surface area contributed by atoms with Crippen LogP contribution in [0.2, 0.25) is 5.02 Å². The van der Waals surface area contributed by atoms with E-state index in [4.69, 9.17) is 25.8 Å². The number of carbonyl (C=O) groups is 1. The minimum absolute atomic E-state index is 0.0384. The Morgan fingerprint density at radius 2 is 2.00 bits per heavy atom. The first-order chi connectivity index (χ1) is 17.4. The van der Waals surface area contributed by atoms with Crippen molar-refractivity contribution in [3.63, 3.8) is 0 Å². The van der Waals surface area contributed by atoms with Gasteiger partial charge < -0.3 is 24.4 Å². The lowest BCUT2D eigenvalue weighted by Crippen LogP contribution is -2.41. The second-order valence-electron chi connectivity index (χ2n) is 8.07.